The van der Waals surface area contributed by atoms with Crippen LogP contribution in [0.15, 0.2) is 12.1 Å². The van der Waals surface area contributed by atoms with E-state index in [4.69, 9.17) is 26.6 Å². The smallest absolute Gasteiger partial charge is 0.140 e. The van der Waals surface area contributed by atoms with Gasteiger partial charge in [0.15, 0.2) is 0 Å². The van der Waals surface area contributed by atoms with Crippen molar-refractivity contribution in [3.05, 3.63) is 28.3 Å². The van der Waals surface area contributed by atoms with Crippen molar-refractivity contribution in [2.24, 2.45) is 0 Å². The van der Waals surface area contributed by atoms with Crippen LogP contribution in [0.2, 0.25) is 5.02 Å². The van der Waals surface area contributed by atoms with E-state index in [9.17, 15) is 0 Å². The summed E-state index contributed by atoms with van der Waals surface area (Å²) in [6, 6.07) is 3.75. The summed E-state index contributed by atoms with van der Waals surface area (Å²) in [5, 5.41) is 18.3. The second-order valence-corrected chi connectivity index (χ2v) is 3.95. The number of rotatable bonds is 4. The fourth-order valence-corrected chi connectivity index (χ4v) is 1.69. The zero-order chi connectivity index (χ0) is 11.4. The molecule has 0 saturated heterocycles. The van der Waals surface area contributed by atoms with E-state index in [0.717, 1.165) is 11.1 Å². The lowest BCUT2D eigenvalue weighted by atomic mass is 10.1. The number of hydrogen-bond donors (Lipinski definition) is 2. The van der Waals surface area contributed by atoms with Gasteiger partial charge in [-0.1, -0.05) is 17.7 Å². The van der Waals surface area contributed by atoms with Crippen molar-refractivity contribution in [1.29, 1.82) is 0 Å². The summed E-state index contributed by atoms with van der Waals surface area (Å²) in [5.74, 6) is 0.565. The van der Waals surface area contributed by atoms with Crippen molar-refractivity contribution in [3.63, 3.8) is 0 Å². The highest BCUT2D eigenvalue weighted by Gasteiger charge is 2.09. The molecule has 4 heteroatoms. The van der Waals surface area contributed by atoms with Crippen LogP contribution >= 0.6 is 11.6 Å². The number of benzene rings is 1. The SMILES string of the molecule is Cc1cc(C)c(OCC(O)CO)c(Cl)c1. The molecule has 0 aromatic heterocycles. The normalized spacial score (nSPS) is 12.6. The van der Waals surface area contributed by atoms with E-state index in [0.29, 0.717) is 10.8 Å². The van der Waals surface area contributed by atoms with E-state index in [1.54, 1.807) is 6.07 Å². The van der Waals surface area contributed by atoms with E-state index in [2.05, 4.69) is 0 Å². The first kappa shape index (κ1) is 12.3. The van der Waals surface area contributed by atoms with Gasteiger partial charge < -0.3 is 14.9 Å². The fourth-order valence-electron chi connectivity index (χ4n) is 1.32. The molecular weight excluding hydrogens is 216 g/mol. The second-order valence-electron chi connectivity index (χ2n) is 3.54. The van der Waals surface area contributed by atoms with Crippen molar-refractivity contribution in [2.45, 2.75) is 20.0 Å². The molecule has 0 heterocycles. The fraction of sp³-hybridized carbons (Fsp3) is 0.455. The van der Waals surface area contributed by atoms with Crippen LogP contribution in [0, 0.1) is 13.8 Å². The molecule has 0 aliphatic rings. The molecule has 0 aliphatic heterocycles. The maximum atomic E-state index is 9.14. The molecule has 0 amide bonds. The van der Waals surface area contributed by atoms with Crippen molar-refractivity contribution >= 4 is 11.6 Å². The van der Waals surface area contributed by atoms with Gasteiger partial charge in [-0.15, -0.1) is 0 Å². The first-order valence-corrected chi connectivity index (χ1v) is 5.11. The predicted octanol–water partition coefficient (Wildman–Crippen LogP) is 1.69. The lowest BCUT2D eigenvalue weighted by Crippen LogP contribution is -2.21. The van der Waals surface area contributed by atoms with Gasteiger partial charge in [0.2, 0.25) is 0 Å². The van der Waals surface area contributed by atoms with Crippen molar-refractivity contribution in [3.8, 4) is 5.75 Å². The Bertz CT molecular complexity index is 316. The molecule has 1 aromatic carbocycles. The van der Waals surface area contributed by atoms with Crippen LogP contribution in [0.1, 0.15) is 11.1 Å². The summed E-state index contributed by atoms with van der Waals surface area (Å²) >= 11 is 5.99. The molecule has 0 bridgehead atoms. The van der Waals surface area contributed by atoms with E-state index >= 15 is 0 Å². The number of aliphatic hydroxyl groups is 2. The molecule has 0 fully saturated rings. The summed E-state index contributed by atoms with van der Waals surface area (Å²) in [5.41, 5.74) is 1.98. The van der Waals surface area contributed by atoms with Crippen LogP contribution in [0.25, 0.3) is 0 Å². The van der Waals surface area contributed by atoms with Crippen molar-refractivity contribution in [1.82, 2.24) is 0 Å². The largest absolute Gasteiger partial charge is 0.489 e. The molecule has 0 saturated carbocycles. The van der Waals surface area contributed by atoms with Gasteiger partial charge in [0.1, 0.15) is 18.5 Å². The van der Waals surface area contributed by atoms with Crippen LogP contribution < -0.4 is 4.74 Å². The Hall–Kier alpha value is -0.770. The van der Waals surface area contributed by atoms with Crippen LogP contribution in [0.3, 0.4) is 0 Å². The molecule has 0 aliphatic carbocycles. The minimum absolute atomic E-state index is 0.0418. The van der Waals surface area contributed by atoms with Gasteiger partial charge in [0.05, 0.1) is 11.6 Å². The number of aryl methyl sites for hydroxylation is 2. The molecule has 1 atom stereocenters. The molecule has 3 nitrogen and oxygen atoms in total. The third-order valence-corrected chi connectivity index (χ3v) is 2.29. The summed E-state index contributed by atoms with van der Waals surface area (Å²) in [6.45, 7) is 3.56. The maximum Gasteiger partial charge on any atom is 0.140 e. The lowest BCUT2D eigenvalue weighted by molar-refractivity contribution is 0.0534. The second kappa shape index (κ2) is 5.35. The lowest BCUT2D eigenvalue weighted by Gasteiger charge is -2.13. The molecular formula is C11H15ClO3. The molecule has 2 N–H and O–H groups in total. The number of halogens is 1. The molecule has 1 aromatic rings. The van der Waals surface area contributed by atoms with Crippen LogP contribution in [-0.4, -0.2) is 29.5 Å². The molecule has 0 spiro atoms. The highest BCUT2D eigenvalue weighted by Crippen LogP contribution is 2.29. The number of aliphatic hydroxyl groups excluding tert-OH is 2. The summed E-state index contributed by atoms with van der Waals surface area (Å²) in [6.07, 6.45) is -0.873. The number of ether oxygens (including phenoxy) is 1. The average Bonchev–Trinajstić information content (AvgIpc) is 2.15. The average molecular weight is 231 g/mol. The molecule has 84 valence electrons. The number of hydrogen-bond acceptors (Lipinski definition) is 3. The summed E-state index contributed by atoms with van der Waals surface area (Å²) in [4.78, 5) is 0. The van der Waals surface area contributed by atoms with Gasteiger partial charge in [-0.05, 0) is 31.0 Å². The Morgan fingerprint density at radius 1 is 1.40 bits per heavy atom. The summed E-state index contributed by atoms with van der Waals surface area (Å²) in [7, 11) is 0. The van der Waals surface area contributed by atoms with Gasteiger partial charge in [-0.2, -0.15) is 0 Å². The Morgan fingerprint density at radius 3 is 2.60 bits per heavy atom. The highest BCUT2D eigenvalue weighted by molar-refractivity contribution is 6.32. The minimum Gasteiger partial charge on any atom is -0.489 e. The Kier molecular flexibility index (Phi) is 4.39. The Morgan fingerprint density at radius 2 is 2.07 bits per heavy atom. The van der Waals surface area contributed by atoms with Gasteiger partial charge >= 0.3 is 0 Å². The third kappa shape index (κ3) is 3.38. The summed E-state index contributed by atoms with van der Waals surface area (Å²) < 4.78 is 5.33. The minimum atomic E-state index is -0.873. The third-order valence-electron chi connectivity index (χ3n) is 2.00. The van der Waals surface area contributed by atoms with Crippen LogP contribution in [-0.2, 0) is 0 Å². The monoisotopic (exact) mass is 230 g/mol. The van der Waals surface area contributed by atoms with E-state index < -0.39 is 6.10 Å². The van der Waals surface area contributed by atoms with Crippen molar-refractivity contribution < 1.29 is 14.9 Å². The first-order valence-electron chi connectivity index (χ1n) is 4.73. The van der Waals surface area contributed by atoms with Gasteiger partial charge in [0, 0.05) is 0 Å². The Labute approximate surface area is 94.3 Å². The van der Waals surface area contributed by atoms with E-state index in [1.165, 1.54) is 0 Å². The first-order chi connectivity index (χ1) is 7.04. The highest BCUT2D eigenvalue weighted by atomic mass is 35.5. The van der Waals surface area contributed by atoms with Gasteiger partial charge in [-0.25, -0.2) is 0 Å². The zero-order valence-corrected chi connectivity index (χ0v) is 9.58. The van der Waals surface area contributed by atoms with Crippen LogP contribution in [0.5, 0.6) is 5.75 Å². The molecule has 0 radical (unpaired) electrons. The molecule has 1 rings (SSSR count). The van der Waals surface area contributed by atoms with Crippen molar-refractivity contribution in [2.75, 3.05) is 13.2 Å². The van der Waals surface area contributed by atoms with Crippen LogP contribution in [0.4, 0.5) is 0 Å². The quantitative estimate of drug-likeness (QED) is 0.828. The van der Waals surface area contributed by atoms with Gasteiger partial charge in [0.25, 0.3) is 0 Å². The van der Waals surface area contributed by atoms with Gasteiger partial charge in [-0.3, -0.25) is 0 Å². The predicted molar refractivity (Wildman–Crippen MR) is 59.5 cm³/mol. The topological polar surface area (TPSA) is 49.7 Å². The van der Waals surface area contributed by atoms with E-state index in [-0.39, 0.29) is 13.2 Å². The van der Waals surface area contributed by atoms with E-state index in [1.807, 2.05) is 19.9 Å². The Balaban J connectivity index is 2.77. The maximum absolute atomic E-state index is 9.14. The standard InChI is InChI=1S/C11H15ClO3/c1-7-3-8(2)11(10(12)4-7)15-6-9(14)5-13/h3-4,9,13-14H,5-6H2,1-2H3. The molecule has 15 heavy (non-hydrogen) atoms. The molecule has 1 unspecified atom stereocenters. The zero-order valence-electron chi connectivity index (χ0n) is 8.83.